The molecular weight excluding hydrogens is 216 g/mol. The Morgan fingerprint density at radius 3 is 2.43 bits per heavy atom. The summed E-state index contributed by atoms with van der Waals surface area (Å²) in [6.45, 7) is 8.20. The van der Waals surface area contributed by atoms with Crippen LogP contribution in [0.15, 0.2) is 5.03 Å². The van der Waals surface area contributed by atoms with E-state index in [1.165, 1.54) is 0 Å². The largest absolute Gasteiger partial charge is 0.242 e. The van der Waals surface area contributed by atoms with E-state index < -0.39 is 0 Å². The summed E-state index contributed by atoms with van der Waals surface area (Å²) >= 11 is 7.70. The first-order valence-electron chi connectivity index (χ1n) is 4.72. The Labute approximate surface area is 94.5 Å². The minimum Gasteiger partial charge on any atom is -0.242 e. The fourth-order valence-electron chi connectivity index (χ4n) is 0.904. The predicted molar refractivity (Wildman–Crippen MR) is 62.1 cm³/mol. The minimum absolute atomic E-state index is 0.526. The standard InChI is InChI=1S/C10H15ClN2S/c1-5-6(2)14-10-9(11)12-7(3)8(4)13-10/h6H,5H2,1-4H3. The molecule has 0 aromatic carbocycles. The van der Waals surface area contributed by atoms with Gasteiger partial charge < -0.3 is 0 Å². The average Bonchev–Trinajstić information content (AvgIpc) is 2.14. The zero-order valence-electron chi connectivity index (χ0n) is 8.97. The van der Waals surface area contributed by atoms with Crippen molar-refractivity contribution in [1.29, 1.82) is 0 Å². The first-order valence-corrected chi connectivity index (χ1v) is 5.97. The molecular formula is C10H15ClN2S. The summed E-state index contributed by atoms with van der Waals surface area (Å²) in [5, 5.41) is 1.91. The van der Waals surface area contributed by atoms with Crippen molar-refractivity contribution in [2.45, 2.75) is 44.4 Å². The van der Waals surface area contributed by atoms with Crippen LogP contribution in [0.5, 0.6) is 0 Å². The number of aryl methyl sites for hydroxylation is 2. The van der Waals surface area contributed by atoms with Gasteiger partial charge in [-0.25, -0.2) is 9.97 Å². The fraction of sp³-hybridized carbons (Fsp3) is 0.600. The highest BCUT2D eigenvalue weighted by Crippen LogP contribution is 2.29. The van der Waals surface area contributed by atoms with E-state index in [2.05, 4.69) is 23.8 Å². The van der Waals surface area contributed by atoms with Crippen LogP contribution in [0.2, 0.25) is 5.15 Å². The third-order valence-corrected chi connectivity index (χ3v) is 3.74. The van der Waals surface area contributed by atoms with Gasteiger partial charge in [0, 0.05) is 5.25 Å². The molecule has 78 valence electrons. The maximum atomic E-state index is 6.01. The Morgan fingerprint density at radius 1 is 1.29 bits per heavy atom. The average molecular weight is 231 g/mol. The Kier molecular flexibility index (Phi) is 4.20. The van der Waals surface area contributed by atoms with Crippen molar-refractivity contribution < 1.29 is 0 Å². The van der Waals surface area contributed by atoms with E-state index >= 15 is 0 Å². The van der Waals surface area contributed by atoms with Crippen molar-refractivity contribution in [3.63, 3.8) is 0 Å². The van der Waals surface area contributed by atoms with Gasteiger partial charge in [-0.05, 0) is 20.3 Å². The fourth-order valence-corrected chi connectivity index (χ4v) is 2.09. The van der Waals surface area contributed by atoms with Crippen molar-refractivity contribution in [3.8, 4) is 0 Å². The number of aromatic nitrogens is 2. The second kappa shape index (κ2) is 4.99. The van der Waals surface area contributed by atoms with Gasteiger partial charge >= 0.3 is 0 Å². The van der Waals surface area contributed by atoms with Crippen molar-refractivity contribution in [2.24, 2.45) is 0 Å². The highest BCUT2D eigenvalue weighted by Gasteiger charge is 2.10. The summed E-state index contributed by atoms with van der Waals surface area (Å²) in [7, 11) is 0. The van der Waals surface area contributed by atoms with Gasteiger partial charge in [0.1, 0.15) is 5.03 Å². The molecule has 0 fully saturated rings. The SMILES string of the molecule is CCC(C)Sc1nc(C)c(C)nc1Cl. The van der Waals surface area contributed by atoms with E-state index in [4.69, 9.17) is 11.6 Å². The molecule has 0 aliphatic carbocycles. The summed E-state index contributed by atoms with van der Waals surface area (Å²) in [6.07, 6.45) is 1.11. The summed E-state index contributed by atoms with van der Waals surface area (Å²) in [5.74, 6) is 0. The molecule has 4 heteroatoms. The van der Waals surface area contributed by atoms with E-state index in [0.29, 0.717) is 10.4 Å². The number of nitrogens with zero attached hydrogens (tertiary/aromatic N) is 2. The molecule has 0 radical (unpaired) electrons. The summed E-state index contributed by atoms with van der Waals surface area (Å²) in [5.41, 5.74) is 1.86. The number of rotatable bonds is 3. The lowest BCUT2D eigenvalue weighted by Crippen LogP contribution is -1.99. The smallest absolute Gasteiger partial charge is 0.161 e. The predicted octanol–water partition coefficient (Wildman–Crippen LogP) is 3.64. The van der Waals surface area contributed by atoms with Crippen molar-refractivity contribution in [3.05, 3.63) is 16.5 Å². The van der Waals surface area contributed by atoms with Crippen LogP contribution in [0.1, 0.15) is 31.7 Å². The van der Waals surface area contributed by atoms with Crippen LogP contribution in [0.25, 0.3) is 0 Å². The van der Waals surface area contributed by atoms with Gasteiger partial charge in [0.15, 0.2) is 5.15 Å². The van der Waals surface area contributed by atoms with E-state index in [1.807, 2.05) is 13.8 Å². The van der Waals surface area contributed by atoms with E-state index in [1.54, 1.807) is 11.8 Å². The lowest BCUT2D eigenvalue weighted by atomic mass is 10.4. The molecule has 0 N–H and O–H groups in total. The quantitative estimate of drug-likeness (QED) is 0.742. The van der Waals surface area contributed by atoms with Gasteiger partial charge in [-0.1, -0.05) is 25.4 Å². The van der Waals surface area contributed by atoms with Crippen molar-refractivity contribution in [2.75, 3.05) is 0 Å². The molecule has 1 unspecified atom stereocenters. The normalized spacial score (nSPS) is 12.9. The Balaban J connectivity index is 2.92. The highest BCUT2D eigenvalue weighted by molar-refractivity contribution is 7.99. The molecule has 2 nitrogen and oxygen atoms in total. The molecule has 0 saturated carbocycles. The maximum Gasteiger partial charge on any atom is 0.161 e. The molecule has 0 amide bonds. The third-order valence-electron chi connectivity index (χ3n) is 2.12. The molecule has 0 bridgehead atoms. The Hall–Kier alpha value is -0.280. The summed E-state index contributed by atoms with van der Waals surface area (Å²) < 4.78 is 0. The molecule has 0 aliphatic heterocycles. The minimum atomic E-state index is 0.526. The molecule has 0 spiro atoms. The zero-order valence-corrected chi connectivity index (χ0v) is 10.5. The van der Waals surface area contributed by atoms with E-state index in [9.17, 15) is 0 Å². The second-order valence-corrected chi connectivity index (χ2v) is 5.11. The zero-order chi connectivity index (χ0) is 10.7. The van der Waals surface area contributed by atoms with E-state index in [-0.39, 0.29) is 0 Å². The number of thioether (sulfide) groups is 1. The Morgan fingerprint density at radius 2 is 1.86 bits per heavy atom. The topological polar surface area (TPSA) is 25.8 Å². The number of hydrogen-bond donors (Lipinski definition) is 0. The van der Waals surface area contributed by atoms with Crippen LogP contribution in [0.4, 0.5) is 0 Å². The van der Waals surface area contributed by atoms with Gasteiger partial charge in [0.05, 0.1) is 11.4 Å². The van der Waals surface area contributed by atoms with Gasteiger partial charge in [0.25, 0.3) is 0 Å². The molecule has 1 heterocycles. The maximum absolute atomic E-state index is 6.01. The van der Waals surface area contributed by atoms with E-state index in [0.717, 1.165) is 22.8 Å². The highest BCUT2D eigenvalue weighted by atomic mass is 35.5. The molecule has 1 rings (SSSR count). The van der Waals surface area contributed by atoms with Gasteiger partial charge in [-0.15, -0.1) is 11.8 Å². The van der Waals surface area contributed by atoms with Gasteiger partial charge in [-0.2, -0.15) is 0 Å². The van der Waals surface area contributed by atoms with Crippen molar-refractivity contribution >= 4 is 23.4 Å². The summed E-state index contributed by atoms with van der Waals surface area (Å²) in [4.78, 5) is 8.67. The third kappa shape index (κ3) is 2.85. The van der Waals surface area contributed by atoms with Crippen LogP contribution in [0, 0.1) is 13.8 Å². The van der Waals surface area contributed by atoms with Crippen LogP contribution in [0.3, 0.4) is 0 Å². The van der Waals surface area contributed by atoms with Crippen LogP contribution in [-0.2, 0) is 0 Å². The molecule has 0 saturated heterocycles. The lowest BCUT2D eigenvalue weighted by molar-refractivity contribution is 0.891. The van der Waals surface area contributed by atoms with Crippen LogP contribution < -0.4 is 0 Å². The number of halogens is 1. The number of hydrogen-bond acceptors (Lipinski definition) is 3. The second-order valence-electron chi connectivity index (χ2n) is 3.33. The molecule has 14 heavy (non-hydrogen) atoms. The molecule has 1 aromatic rings. The van der Waals surface area contributed by atoms with Gasteiger partial charge in [-0.3, -0.25) is 0 Å². The van der Waals surface area contributed by atoms with Crippen LogP contribution >= 0.6 is 23.4 Å². The van der Waals surface area contributed by atoms with Crippen molar-refractivity contribution in [1.82, 2.24) is 9.97 Å². The molecule has 1 atom stereocenters. The molecule has 1 aromatic heterocycles. The Bertz CT molecular complexity index is 328. The first-order chi connectivity index (χ1) is 6.54. The monoisotopic (exact) mass is 230 g/mol. The first kappa shape index (κ1) is 11.8. The lowest BCUT2D eigenvalue weighted by Gasteiger charge is -2.09. The van der Waals surface area contributed by atoms with Crippen LogP contribution in [-0.4, -0.2) is 15.2 Å². The summed E-state index contributed by atoms with van der Waals surface area (Å²) in [6, 6.07) is 0. The molecule has 0 aliphatic rings. The van der Waals surface area contributed by atoms with Gasteiger partial charge in [0.2, 0.25) is 0 Å².